The summed E-state index contributed by atoms with van der Waals surface area (Å²) in [6, 6.07) is 3.96. The van der Waals surface area contributed by atoms with Crippen LogP contribution in [0.5, 0.6) is 0 Å². The van der Waals surface area contributed by atoms with Crippen LogP contribution in [0.25, 0.3) is 0 Å². The normalized spacial score (nSPS) is 18.9. The first-order chi connectivity index (χ1) is 6.57. The minimum Gasteiger partial charge on any atom is -0.341 e. The van der Waals surface area contributed by atoms with E-state index in [0.29, 0.717) is 19.3 Å². The first kappa shape index (κ1) is 10.5. The summed E-state index contributed by atoms with van der Waals surface area (Å²) in [6.07, 6.45) is 1.63. The molecule has 0 aromatic heterocycles. The fraction of sp³-hybridized carbons (Fsp3) is 0.700. The molecule has 0 spiro atoms. The molecule has 0 aromatic carbocycles. The topological polar surface area (TPSA) is 67.9 Å². The van der Waals surface area contributed by atoms with E-state index in [9.17, 15) is 4.79 Å². The molecule has 1 rings (SSSR count). The van der Waals surface area contributed by atoms with E-state index in [1.165, 1.54) is 4.90 Å². The highest BCUT2D eigenvalue weighted by molar-refractivity contribution is 5.88. The lowest BCUT2D eigenvalue weighted by atomic mass is 10.1. The lowest BCUT2D eigenvalue weighted by Gasteiger charge is -2.24. The highest BCUT2D eigenvalue weighted by Crippen LogP contribution is 2.46. The van der Waals surface area contributed by atoms with Gasteiger partial charge in [0, 0.05) is 13.1 Å². The van der Waals surface area contributed by atoms with Crippen LogP contribution in [0.1, 0.15) is 26.2 Å². The summed E-state index contributed by atoms with van der Waals surface area (Å²) in [5, 5.41) is 17.3. The summed E-state index contributed by atoms with van der Waals surface area (Å²) in [4.78, 5) is 13.3. The number of rotatable bonds is 3. The van der Waals surface area contributed by atoms with Gasteiger partial charge in [-0.05, 0) is 19.8 Å². The van der Waals surface area contributed by atoms with Crippen molar-refractivity contribution in [3.05, 3.63) is 0 Å². The summed E-state index contributed by atoms with van der Waals surface area (Å²) in [5.41, 5.74) is -0.765. The fourth-order valence-corrected chi connectivity index (χ4v) is 1.31. The predicted molar refractivity (Wildman–Crippen MR) is 49.7 cm³/mol. The van der Waals surface area contributed by atoms with Crippen LogP contribution in [0.3, 0.4) is 0 Å². The van der Waals surface area contributed by atoms with Gasteiger partial charge in [-0.15, -0.1) is 0 Å². The van der Waals surface area contributed by atoms with Crippen molar-refractivity contribution in [2.75, 3.05) is 7.05 Å². The van der Waals surface area contributed by atoms with E-state index >= 15 is 0 Å². The van der Waals surface area contributed by atoms with Crippen LogP contribution >= 0.6 is 0 Å². The molecule has 1 aliphatic rings. The van der Waals surface area contributed by atoms with Crippen LogP contribution in [0.4, 0.5) is 0 Å². The van der Waals surface area contributed by atoms with Crippen LogP contribution in [0.2, 0.25) is 0 Å². The van der Waals surface area contributed by atoms with E-state index < -0.39 is 5.41 Å². The Balaban J connectivity index is 2.63. The standard InChI is InChI=1S/C10H13N3O/c1-8(3-6-11)13(2)9(14)10(7-12)4-5-10/h8H,3-5H2,1-2H3. The third-order valence-corrected chi connectivity index (χ3v) is 2.74. The maximum atomic E-state index is 11.8. The summed E-state index contributed by atoms with van der Waals surface area (Å²) >= 11 is 0. The number of amides is 1. The lowest BCUT2D eigenvalue weighted by Crippen LogP contribution is -2.39. The summed E-state index contributed by atoms with van der Waals surface area (Å²) in [5.74, 6) is -0.136. The van der Waals surface area contributed by atoms with Crippen molar-refractivity contribution in [3.63, 3.8) is 0 Å². The average Bonchev–Trinajstić information content (AvgIpc) is 2.96. The largest absolute Gasteiger partial charge is 0.341 e. The second-order valence-corrected chi connectivity index (χ2v) is 3.82. The molecular weight excluding hydrogens is 178 g/mol. The number of hydrogen-bond acceptors (Lipinski definition) is 3. The molecule has 0 saturated heterocycles. The SMILES string of the molecule is CC(CC#N)N(C)C(=O)C1(C#N)CC1. The Morgan fingerprint density at radius 2 is 2.14 bits per heavy atom. The molecule has 1 amide bonds. The van der Waals surface area contributed by atoms with E-state index in [1.807, 2.05) is 13.0 Å². The van der Waals surface area contributed by atoms with Crippen molar-refractivity contribution < 1.29 is 4.79 Å². The number of hydrogen-bond donors (Lipinski definition) is 0. The third-order valence-electron chi connectivity index (χ3n) is 2.74. The number of nitriles is 2. The van der Waals surface area contributed by atoms with Gasteiger partial charge in [-0.25, -0.2) is 0 Å². The molecule has 74 valence electrons. The number of carbonyl (C=O) groups excluding carboxylic acids is 1. The van der Waals surface area contributed by atoms with Crippen LogP contribution in [0.15, 0.2) is 0 Å². The van der Waals surface area contributed by atoms with Crippen LogP contribution < -0.4 is 0 Å². The Morgan fingerprint density at radius 3 is 2.50 bits per heavy atom. The minimum absolute atomic E-state index is 0.113. The molecule has 0 radical (unpaired) electrons. The molecule has 0 aromatic rings. The highest BCUT2D eigenvalue weighted by Gasteiger charge is 2.52. The zero-order chi connectivity index (χ0) is 10.8. The molecule has 0 N–H and O–H groups in total. The maximum absolute atomic E-state index is 11.8. The molecule has 14 heavy (non-hydrogen) atoms. The summed E-state index contributed by atoms with van der Waals surface area (Å²) < 4.78 is 0. The number of nitrogens with zero attached hydrogens (tertiary/aromatic N) is 3. The predicted octanol–water partition coefficient (Wildman–Crippen LogP) is 1.05. The molecule has 4 heteroatoms. The summed E-state index contributed by atoms with van der Waals surface area (Å²) in [7, 11) is 1.65. The van der Waals surface area contributed by atoms with Crippen molar-refractivity contribution in [3.8, 4) is 12.1 Å². The molecule has 4 nitrogen and oxygen atoms in total. The van der Waals surface area contributed by atoms with Gasteiger partial charge < -0.3 is 4.90 Å². The van der Waals surface area contributed by atoms with Gasteiger partial charge in [-0.2, -0.15) is 10.5 Å². The van der Waals surface area contributed by atoms with Gasteiger partial charge in [0.15, 0.2) is 0 Å². The van der Waals surface area contributed by atoms with Crippen molar-refractivity contribution in [1.82, 2.24) is 4.90 Å². The van der Waals surface area contributed by atoms with E-state index in [1.54, 1.807) is 7.05 Å². The van der Waals surface area contributed by atoms with Crippen LogP contribution in [0, 0.1) is 28.1 Å². The van der Waals surface area contributed by atoms with Crippen molar-refractivity contribution in [2.45, 2.75) is 32.2 Å². The number of carbonyl (C=O) groups is 1. The zero-order valence-corrected chi connectivity index (χ0v) is 8.45. The Bertz CT molecular complexity index is 319. The van der Waals surface area contributed by atoms with Crippen LogP contribution in [-0.2, 0) is 4.79 Å². The van der Waals surface area contributed by atoms with Gasteiger partial charge >= 0.3 is 0 Å². The monoisotopic (exact) mass is 191 g/mol. The smallest absolute Gasteiger partial charge is 0.243 e. The molecule has 0 bridgehead atoms. The fourth-order valence-electron chi connectivity index (χ4n) is 1.31. The Hall–Kier alpha value is -1.55. The van der Waals surface area contributed by atoms with Gasteiger partial charge in [-0.1, -0.05) is 0 Å². The van der Waals surface area contributed by atoms with E-state index in [2.05, 4.69) is 6.07 Å². The second-order valence-electron chi connectivity index (χ2n) is 3.82. The van der Waals surface area contributed by atoms with Crippen molar-refractivity contribution in [1.29, 1.82) is 10.5 Å². The molecule has 1 unspecified atom stereocenters. The second kappa shape index (κ2) is 3.67. The molecule has 1 saturated carbocycles. The van der Waals surface area contributed by atoms with Gasteiger partial charge in [0.2, 0.25) is 5.91 Å². The molecule has 1 aliphatic carbocycles. The molecule has 1 fully saturated rings. The van der Waals surface area contributed by atoms with Gasteiger partial charge in [0.05, 0.1) is 18.6 Å². The molecule has 1 atom stereocenters. The van der Waals surface area contributed by atoms with Gasteiger partial charge in [-0.3, -0.25) is 4.79 Å². The van der Waals surface area contributed by atoms with Gasteiger partial charge in [0.1, 0.15) is 5.41 Å². The minimum atomic E-state index is -0.765. The average molecular weight is 191 g/mol. The first-order valence-electron chi connectivity index (χ1n) is 4.63. The van der Waals surface area contributed by atoms with Gasteiger partial charge in [0.25, 0.3) is 0 Å². The molecule has 0 heterocycles. The maximum Gasteiger partial charge on any atom is 0.243 e. The van der Waals surface area contributed by atoms with E-state index in [-0.39, 0.29) is 11.9 Å². The molecular formula is C10H13N3O. The Kier molecular flexibility index (Phi) is 2.76. The van der Waals surface area contributed by atoms with Crippen molar-refractivity contribution in [2.24, 2.45) is 5.41 Å². The van der Waals surface area contributed by atoms with E-state index in [4.69, 9.17) is 10.5 Å². The quantitative estimate of drug-likeness (QED) is 0.669. The van der Waals surface area contributed by atoms with Crippen LogP contribution in [-0.4, -0.2) is 23.9 Å². The Labute approximate surface area is 83.7 Å². The lowest BCUT2D eigenvalue weighted by molar-refractivity contribution is -0.135. The zero-order valence-electron chi connectivity index (χ0n) is 8.45. The molecule has 0 aliphatic heterocycles. The highest BCUT2D eigenvalue weighted by atomic mass is 16.2. The first-order valence-corrected chi connectivity index (χ1v) is 4.63. The Morgan fingerprint density at radius 1 is 1.57 bits per heavy atom. The summed E-state index contributed by atoms with van der Waals surface area (Å²) in [6.45, 7) is 1.81. The van der Waals surface area contributed by atoms with Crippen molar-refractivity contribution >= 4 is 5.91 Å². The third kappa shape index (κ3) is 1.70. The van der Waals surface area contributed by atoms with E-state index in [0.717, 1.165) is 0 Å².